The fourth-order valence-electron chi connectivity index (χ4n) is 2.80. The molecule has 1 N–H and O–H groups in total. The number of benzene rings is 3. The van der Waals surface area contributed by atoms with Crippen molar-refractivity contribution >= 4 is 45.3 Å². The molecule has 5 rings (SSSR count). The smallest absolute Gasteiger partial charge is 0.143 e. The molecular weight excluding hydrogens is 387 g/mol. The maximum Gasteiger partial charge on any atom is 0.143 e. The summed E-state index contributed by atoms with van der Waals surface area (Å²) in [5, 5.41) is 29.1. The number of phenols is 1. The molecule has 0 aliphatic carbocycles. The molecule has 7 nitrogen and oxygen atoms in total. The molecule has 0 fully saturated rings. The Morgan fingerprint density at radius 3 is 1.85 bits per heavy atom. The minimum absolute atomic E-state index is 0.0323. The van der Waals surface area contributed by atoms with Gasteiger partial charge in [-0.15, -0.1) is 25.2 Å². The first-order valence-electron chi connectivity index (χ1n) is 7.96. The number of nitrogens with zero attached hydrogens (tertiary/aromatic N) is 6. The van der Waals surface area contributed by atoms with Crippen LogP contribution in [-0.2, 0) is 0 Å². The van der Waals surface area contributed by atoms with E-state index in [1.807, 2.05) is 0 Å². The van der Waals surface area contributed by atoms with Crippen LogP contribution in [0.4, 0.5) is 0 Å². The zero-order valence-corrected chi connectivity index (χ0v) is 15.1. The summed E-state index contributed by atoms with van der Waals surface area (Å²) in [6.45, 7) is 0. The topological polar surface area (TPSA) is 81.6 Å². The van der Waals surface area contributed by atoms with Crippen LogP contribution in [-0.4, -0.2) is 35.1 Å². The average Bonchev–Trinajstić information content (AvgIpc) is 3.25. The number of aromatic hydroxyl groups is 1. The first kappa shape index (κ1) is 16.0. The third kappa shape index (κ3) is 2.77. The normalized spacial score (nSPS) is 11.5. The summed E-state index contributed by atoms with van der Waals surface area (Å²) in [5.41, 5.74) is 3.74. The van der Waals surface area contributed by atoms with Crippen molar-refractivity contribution in [1.29, 1.82) is 0 Å². The van der Waals surface area contributed by atoms with Crippen molar-refractivity contribution in [2.24, 2.45) is 0 Å². The van der Waals surface area contributed by atoms with Crippen molar-refractivity contribution in [3.05, 3.63) is 64.6 Å². The van der Waals surface area contributed by atoms with Crippen LogP contribution in [0, 0.1) is 0 Å². The monoisotopic (exact) mass is 396 g/mol. The van der Waals surface area contributed by atoms with E-state index in [1.54, 1.807) is 54.6 Å². The Bertz CT molecular complexity index is 1330. The molecule has 9 heteroatoms. The fraction of sp³-hybridized carbons (Fsp3) is 0. The molecule has 0 saturated carbocycles. The standard InChI is InChI=1S/C18H10Cl2N6O/c19-10-1-4-13-15(7-10)23-25(21-13)12-3-6-18(27)17(9-12)26-22-14-5-2-11(20)8-16(14)24-26/h1-9,27H. The quantitative estimate of drug-likeness (QED) is 0.484. The number of hydrogen-bond donors (Lipinski definition) is 1. The Morgan fingerprint density at radius 1 is 0.630 bits per heavy atom. The molecule has 3 aromatic carbocycles. The molecule has 27 heavy (non-hydrogen) atoms. The molecular formula is C18H10Cl2N6O. The lowest BCUT2D eigenvalue weighted by atomic mass is 10.2. The van der Waals surface area contributed by atoms with Gasteiger partial charge in [0, 0.05) is 10.0 Å². The SMILES string of the molecule is Oc1ccc(-n2nc3ccc(Cl)cc3n2)cc1-n1nc2ccc(Cl)cc2n1. The zero-order chi connectivity index (χ0) is 18.5. The van der Waals surface area contributed by atoms with Crippen LogP contribution in [0.25, 0.3) is 33.4 Å². The second-order valence-corrected chi connectivity index (χ2v) is 6.79. The highest BCUT2D eigenvalue weighted by Gasteiger charge is 2.13. The minimum Gasteiger partial charge on any atom is -0.506 e. The van der Waals surface area contributed by atoms with Gasteiger partial charge in [0.25, 0.3) is 0 Å². The number of halogens is 2. The van der Waals surface area contributed by atoms with Crippen molar-refractivity contribution in [2.45, 2.75) is 0 Å². The third-order valence-corrected chi connectivity index (χ3v) is 4.56. The van der Waals surface area contributed by atoms with Crippen LogP contribution in [0.1, 0.15) is 0 Å². The molecule has 0 bridgehead atoms. The van der Waals surface area contributed by atoms with Crippen LogP contribution in [0.5, 0.6) is 5.75 Å². The van der Waals surface area contributed by atoms with E-state index >= 15 is 0 Å². The summed E-state index contributed by atoms with van der Waals surface area (Å²) in [6, 6.07) is 15.5. The number of rotatable bonds is 2. The van der Waals surface area contributed by atoms with E-state index in [9.17, 15) is 5.11 Å². The second-order valence-electron chi connectivity index (χ2n) is 5.92. The largest absolute Gasteiger partial charge is 0.506 e. The summed E-state index contributed by atoms with van der Waals surface area (Å²) in [6.07, 6.45) is 0. The number of phenolic OH excluding ortho intramolecular Hbond substituents is 1. The van der Waals surface area contributed by atoms with Gasteiger partial charge < -0.3 is 5.11 Å². The van der Waals surface area contributed by atoms with Crippen LogP contribution in [0.2, 0.25) is 10.0 Å². The van der Waals surface area contributed by atoms with E-state index in [1.165, 1.54) is 9.59 Å². The molecule has 0 saturated heterocycles. The summed E-state index contributed by atoms with van der Waals surface area (Å²) in [7, 11) is 0. The minimum atomic E-state index is 0.0323. The lowest BCUT2D eigenvalue weighted by Crippen LogP contribution is -2.03. The maximum absolute atomic E-state index is 10.3. The molecule has 0 spiro atoms. The predicted octanol–water partition coefficient (Wildman–Crippen LogP) is 4.17. The van der Waals surface area contributed by atoms with Crippen molar-refractivity contribution < 1.29 is 5.11 Å². The Labute approximate surface area is 162 Å². The third-order valence-electron chi connectivity index (χ3n) is 4.09. The van der Waals surface area contributed by atoms with Gasteiger partial charge in [-0.25, -0.2) is 0 Å². The van der Waals surface area contributed by atoms with Crippen molar-refractivity contribution in [2.75, 3.05) is 0 Å². The van der Waals surface area contributed by atoms with Gasteiger partial charge in [0.05, 0.1) is 5.69 Å². The van der Waals surface area contributed by atoms with Gasteiger partial charge in [0.1, 0.15) is 33.5 Å². The van der Waals surface area contributed by atoms with Crippen LogP contribution >= 0.6 is 23.2 Å². The van der Waals surface area contributed by atoms with Crippen LogP contribution in [0.15, 0.2) is 54.6 Å². The molecule has 0 unspecified atom stereocenters. The first-order chi connectivity index (χ1) is 13.1. The summed E-state index contributed by atoms with van der Waals surface area (Å²) < 4.78 is 0. The van der Waals surface area contributed by atoms with Crippen molar-refractivity contribution in [3.63, 3.8) is 0 Å². The number of hydrogen-bond acceptors (Lipinski definition) is 5. The highest BCUT2D eigenvalue weighted by Crippen LogP contribution is 2.26. The maximum atomic E-state index is 10.3. The van der Waals surface area contributed by atoms with E-state index in [4.69, 9.17) is 23.2 Å². The van der Waals surface area contributed by atoms with E-state index in [2.05, 4.69) is 20.4 Å². The highest BCUT2D eigenvalue weighted by molar-refractivity contribution is 6.31. The fourth-order valence-corrected chi connectivity index (χ4v) is 3.13. The van der Waals surface area contributed by atoms with E-state index in [0.29, 0.717) is 43.5 Å². The molecule has 0 aliphatic rings. The summed E-state index contributed by atoms with van der Waals surface area (Å²) >= 11 is 12.0. The lowest BCUT2D eigenvalue weighted by molar-refractivity contribution is 0.467. The first-order valence-corrected chi connectivity index (χ1v) is 8.71. The van der Waals surface area contributed by atoms with Crippen molar-refractivity contribution in [3.8, 4) is 17.1 Å². The summed E-state index contributed by atoms with van der Waals surface area (Å²) in [4.78, 5) is 2.84. The lowest BCUT2D eigenvalue weighted by Gasteiger charge is -2.05. The molecule has 132 valence electrons. The molecule has 0 amide bonds. The van der Waals surface area contributed by atoms with Gasteiger partial charge in [-0.05, 0) is 54.6 Å². The van der Waals surface area contributed by atoms with Crippen LogP contribution in [0.3, 0.4) is 0 Å². The Balaban J connectivity index is 1.64. The zero-order valence-electron chi connectivity index (χ0n) is 13.6. The summed E-state index contributed by atoms with van der Waals surface area (Å²) in [5.74, 6) is 0.0323. The predicted molar refractivity (Wildman–Crippen MR) is 103 cm³/mol. The van der Waals surface area contributed by atoms with E-state index in [-0.39, 0.29) is 5.75 Å². The van der Waals surface area contributed by atoms with Gasteiger partial charge in [-0.3, -0.25) is 0 Å². The van der Waals surface area contributed by atoms with E-state index in [0.717, 1.165) is 0 Å². The molecule has 0 aliphatic heterocycles. The molecule has 0 atom stereocenters. The van der Waals surface area contributed by atoms with Crippen LogP contribution < -0.4 is 0 Å². The van der Waals surface area contributed by atoms with Gasteiger partial charge >= 0.3 is 0 Å². The molecule has 0 radical (unpaired) electrons. The van der Waals surface area contributed by atoms with E-state index < -0.39 is 0 Å². The average molecular weight is 397 g/mol. The van der Waals surface area contributed by atoms with Gasteiger partial charge in [0.2, 0.25) is 0 Å². The van der Waals surface area contributed by atoms with Gasteiger partial charge in [-0.1, -0.05) is 23.2 Å². The molecule has 2 aromatic heterocycles. The van der Waals surface area contributed by atoms with Crippen molar-refractivity contribution in [1.82, 2.24) is 30.0 Å². The Kier molecular flexibility index (Phi) is 3.53. The highest BCUT2D eigenvalue weighted by atomic mass is 35.5. The molecule has 5 aromatic rings. The number of fused-ring (bicyclic) bond motifs is 2. The molecule has 2 heterocycles. The number of aromatic nitrogens is 6. The van der Waals surface area contributed by atoms with Gasteiger partial charge in [0.15, 0.2) is 0 Å². The Morgan fingerprint density at radius 2 is 1.19 bits per heavy atom. The second kappa shape index (κ2) is 5.94. The van der Waals surface area contributed by atoms with Gasteiger partial charge in [-0.2, -0.15) is 4.80 Å². The Hall–Kier alpha value is -3.16.